The Labute approximate surface area is 405 Å². The molecular formula is C67H42N2O. The van der Waals surface area contributed by atoms with Crippen LogP contribution in [0.25, 0.3) is 93.9 Å². The Morgan fingerprint density at radius 1 is 0.343 bits per heavy atom. The van der Waals surface area contributed by atoms with Crippen molar-refractivity contribution in [1.29, 1.82) is 0 Å². The monoisotopic (exact) mass is 890 g/mol. The molecule has 0 fully saturated rings. The molecule has 0 amide bonds. The van der Waals surface area contributed by atoms with Gasteiger partial charge in [0, 0.05) is 49.7 Å². The second kappa shape index (κ2) is 14.9. The summed E-state index contributed by atoms with van der Waals surface area (Å²) in [6.45, 7) is 0. The minimum Gasteiger partial charge on any atom is -0.455 e. The average Bonchev–Trinajstić information content (AvgIpc) is 4.16. The summed E-state index contributed by atoms with van der Waals surface area (Å²) in [4.78, 5) is 2.47. The van der Waals surface area contributed by atoms with E-state index in [0.717, 1.165) is 55.8 Å². The largest absolute Gasteiger partial charge is 0.455 e. The maximum absolute atomic E-state index is 6.54. The molecule has 0 atom stereocenters. The maximum atomic E-state index is 6.54. The zero-order valence-electron chi connectivity index (χ0n) is 38.1. The third-order valence-corrected chi connectivity index (χ3v) is 15.2. The molecule has 2 aliphatic rings. The van der Waals surface area contributed by atoms with Crippen LogP contribution in [0.2, 0.25) is 0 Å². The second-order valence-corrected chi connectivity index (χ2v) is 18.7. The lowest BCUT2D eigenvalue weighted by atomic mass is 9.70. The summed E-state index contributed by atoms with van der Waals surface area (Å²) in [6.07, 6.45) is 0. The van der Waals surface area contributed by atoms with Crippen molar-refractivity contribution in [1.82, 2.24) is 4.57 Å². The van der Waals surface area contributed by atoms with E-state index in [4.69, 9.17) is 4.42 Å². The predicted molar refractivity (Wildman–Crippen MR) is 290 cm³/mol. The number of hydrogen-bond donors (Lipinski definition) is 0. The molecule has 3 heteroatoms. The van der Waals surface area contributed by atoms with E-state index in [0.29, 0.717) is 0 Å². The Hall–Kier alpha value is -9.18. The van der Waals surface area contributed by atoms with Crippen molar-refractivity contribution in [3.63, 3.8) is 0 Å². The van der Waals surface area contributed by atoms with Gasteiger partial charge in [-0.15, -0.1) is 0 Å². The lowest BCUT2D eigenvalue weighted by molar-refractivity contribution is 0.670. The van der Waals surface area contributed by atoms with Gasteiger partial charge in [0.05, 0.1) is 22.1 Å². The van der Waals surface area contributed by atoms with Gasteiger partial charge in [0.15, 0.2) is 0 Å². The lowest BCUT2D eigenvalue weighted by Crippen LogP contribution is -2.26. The molecule has 0 bridgehead atoms. The summed E-state index contributed by atoms with van der Waals surface area (Å²) in [5, 5.41) is 4.75. The first-order valence-electron chi connectivity index (χ1n) is 24.2. The summed E-state index contributed by atoms with van der Waals surface area (Å²) < 4.78 is 8.94. The number of rotatable bonds is 6. The van der Waals surface area contributed by atoms with Crippen LogP contribution in [-0.2, 0) is 5.41 Å². The highest BCUT2D eigenvalue weighted by Crippen LogP contribution is 2.64. The van der Waals surface area contributed by atoms with Gasteiger partial charge >= 0.3 is 0 Å². The van der Waals surface area contributed by atoms with E-state index >= 15 is 0 Å². The van der Waals surface area contributed by atoms with Gasteiger partial charge in [0.25, 0.3) is 0 Å². The lowest BCUT2D eigenvalue weighted by Gasteiger charge is -2.32. The fraction of sp³-hybridized carbons (Fsp3) is 0.0149. The first-order chi connectivity index (χ1) is 34.8. The minimum atomic E-state index is -0.461. The second-order valence-electron chi connectivity index (χ2n) is 18.7. The van der Waals surface area contributed by atoms with Gasteiger partial charge in [-0.05, 0) is 116 Å². The number of fused-ring (bicyclic) bond motifs is 16. The number of para-hydroxylation sites is 4. The molecule has 1 spiro atoms. The van der Waals surface area contributed by atoms with Crippen molar-refractivity contribution >= 4 is 60.8 Å². The van der Waals surface area contributed by atoms with Gasteiger partial charge in [-0.2, -0.15) is 0 Å². The fourth-order valence-corrected chi connectivity index (χ4v) is 12.4. The SMILES string of the molecule is c1ccc(-n2c3ccccc3c3c(-c4ccc(N(c5ccc(-c6cccc7c6oc6ccccc67)cc5)c5cccc6c5-c5ccccc5C65c6ccccc6-c6ccccc65)cc4)cccc32)cc1. The van der Waals surface area contributed by atoms with E-state index in [-0.39, 0.29) is 0 Å². The van der Waals surface area contributed by atoms with Gasteiger partial charge < -0.3 is 13.9 Å². The minimum absolute atomic E-state index is 0.461. The highest BCUT2D eigenvalue weighted by Gasteiger charge is 2.52. The van der Waals surface area contributed by atoms with E-state index < -0.39 is 5.41 Å². The average molecular weight is 891 g/mol. The Balaban J connectivity index is 0.934. The number of benzene rings is 11. The molecule has 0 N–H and O–H groups in total. The third kappa shape index (κ3) is 5.34. The Morgan fingerprint density at radius 2 is 0.843 bits per heavy atom. The van der Waals surface area contributed by atoms with Crippen molar-refractivity contribution in [3.05, 3.63) is 277 Å². The highest BCUT2D eigenvalue weighted by atomic mass is 16.3. The topological polar surface area (TPSA) is 21.3 Å². The molecule has 0 saturated heterocycles. The van der Waals surface area contributed by atoms with Crippen molar-refractivity contribution < 1.29 is 4.42 Å². The van der Waals surface area contributed by atoms with Crippen LogP contribution >= 0.6 is 0 Å². The van der Waals surface area contributed by atoms with Crippen LogP contribution in [0.3, 0.4) is 0 Å². The summed E-state index contributed by atoms with van der Waals surface area (Å²) in [5.74, 6) is 0. The van der Waals surface area contributed by atoms with Crippen LogP contribution in [0.4, 0.5) is 17.1 Å². The summed E-state index contributed by atoms with van der Waals surface area (Å²) in [6, 6.07) is 93.4. The highest BCUT2D eigenvalue weighted by molar-refractivity contribution is 6.16. The molecule has 326 valence electrons. The van der Waals surface area contributed by atoms with Gasteiger partial charge in [0.2, 0.25) is 0 Å². The van der Waals surface area contributed by atoms with Gasteiger partial charge in [-0.25, -0.2) is 0 Å². The van der Waals surface area contributed by atoms with E-state index in [2.05, 4.69) is 258 Å². The number of hydrogen-bond acceptors (Lipinski definition) is 2. The molecule has 0 unspecified atom stereocenters. The smallest absolute Gasteiger partial charge is 0.143 e. The van der Waals surface area contributed by atoms with Crippen LogP contribution in [0, 0.1) is 0 Å². The number of nitrogens with zero attached hydrogens (tertiary/aromatic N) is 2. The first kappa shape index (κ1) is 38.9. The standard InChI is InChI=1S/C67H42N2O/c1-2-17-45(18-3-1)69-60-31-12-7-23-55(60)64-48(24-15-32-61(64)69)43-35-39-46(40-36-43)68(47-41-37-44(38-42-47)49-25-14-26-53-52-21-8-13-34-63(52)70-66(49)53)62-33-16-30-59-65(62)54-22-6-11-29-58(54)67(59)56-27-9-4-19-50(56)51-20-5-10-28-57(51)67/h1-42H. The number of furan rings is 1. The van der Waals surface area contributed by atoms with Crippen molar-refractivity contribution in [2.45, 2.75) is 5.41 Å². The molecule has 2 heterocycles. The van der Waals surface area contributed by atoms with Crippen LogP contribution in [0.1, 0.15) is 22.3 Å². The molecule has 2 aromatic heterocycles. The Morgan fingerprint density at radius 3 is 1.57 bits per heavy atom. The van der Waals surface area contributed by atoms with Crippen molar-refractivity contribution in [3.8, 4) is 50.2 Å². The Kier molecular flexibility index (Phi) is 8.28. The first-order valence-corrected chi connectivity index (χ1v) is 24.2. The van der Waals surface area contributed by atoms with Crippen molar-refractivity contribution in [2.75, 3.05) is 4.90 Å². The molecule has 70 heavy (non-hydrogen) atoms. The van der Waals surface area contributed by atoms with Crippen LogP contribution in [0.5, 0.6) is 0 Å². The molecule has 13 aromatic rings. The Bertz CT molecular complexity index is 4190. The van der Waals surface area contributed by atoms with E-state index in [1.54, 1.807) is 0 Å². The quantitative estimate of drug-likeness (QED) is 0.166. The molecule has 2 aliphatic carbocycles. The molecule has 15 rings (SSSR count). The third-order valence-electron chi connectivity index (χ3n) is 15.2. The normalized spacial score (nSPS) is 13.0. The summed E-state index contributed by atoms with van der Waals surface area (Å²) >= 11 is 0. The molecular weight excluding hydrogens is 849 g/mol. The molecule has 0 saturated carbocycles. The van der Waals surface area contributed by atoms with Gasteiger partial charge in [-0.3, -0.25) is 0 Å². The van der Waals surface area contributed by atoms with E-state index in [9.17, 15) is 0 Å². The predicted octanol–water partition coefficient (Wildman–Crippen LogP) is 17.8. The van der Waals surface area contributed by atoms with Crippen molar-refractivity contribution in [2.24, 2.45) is 0 Å². The van der Waals surface area contributed by atoms with Crippen LogP contribution < -0.4 is 4.90 Å². The molecule has 3 nitrogen and oxygen atoms in total. The number of aromatic nitrogens is 1. The fourth-order valence-electron chi connectivity index (χ4n) is 12.4. The van der Waals surface area contributed by atoms with E-state index in [1.165, 1.54) is 77.4 Å². The van der Waals surface area contributed by atoms with Gasteiger partial charge in [-0.1, -0.05) is 194 Å². The molecule has 11 aromatic carbocycles. The van der Waals surface area contributed by atoms with E-state index in [1.807, 2.05) is 6.07 Å². The number of anilines is 3. The summed E-state index contributed by atoms with van der Waals surface area (Å²) in [7, 11) is 0. The van der Waals surface area contributed by atoms with Crippen LogP contribution in [0.15, 0.2) is 259 Å². The molecule has 0 radical (unpaired) electrons. The maximum Gasteiger partial charge on any atom is 0.143 e. The molecule has 0 aliphatic heterocycles. The zero-order chi connectivity index (χ0) is 45.9. The zero-order valence-corrected chi connectivity index (χ0v) is 38.1. The summed E-state index contributed by atoms with van der Waals surface area (Å²) in [5.41, 5.74) is 23.1. The van der Waals surface area contributed by atoms with Gasteiger partial charge in [0.1, 0.15) is 11.2 Å². The van der Waals surface area contributed by atoms with Crippen LogP contribution in [-0.4, -0.2) is 4.57 Å².